The van der Waals surface area contributed by atoms with Crippen LogP contribution in [0.5, 0.6) is 0 Å². The molecule has 0 saturated heterocycles. The van der Waals surface area contributed by atoms with Crippen LogP contribution in [-0.2, 0) is 6.18 Å². The molecule has 0 unspecified atom stereocenters. The first-order valence-electron chi connectivity index (χ1n) is 3.10. The van der Waals surface area contributed by atoms with Gasteiger partial charge in [-0.2, -0.15) is 13.2 Å². The van der Waals surface area contributed by atoms with Crippen molar-refractivity contribution in [3.63, 3.8) is 0 Å². The van der Waals surface area contributed by atoms with Crippen molar-refractivity contribution in [3.05, 3.63) is 39.8 Å². The van der Waals surface area contributed by atoms with Crippen molar-refractivity contribution in [2.75, 3.05) is 0 Å². The summed E-state index contributed by atoms with van der Waals surface area (Å²) >= 11 is 1.65. The summed E-state index contributed by atoms with van der Waals surface area (Å²) in [5.74, 6) is 0. The first-order chi connectivity index (χ1) is 5.41. The SMILES string of the molecule is [CH2]c1ccc(I)c(C(F)(F)F)c1. The molecule has 0 nitrogen and oxygen atoms in total. The monoisotopic (exact) mass is 285 g/mol. The maximum absolute atomic E-state index is 12.2. The lowest BCUT2D eigenvalue weighted by molar-refractivity contribution is -0.138. The first-order valence-corrected chi connectivity index (χ1v) is 4.18. The van der Waals surface area contributed by atoms with Crippen LogP contribution in [0.15, 0.2) is 18.2 Å². The van der Waals surface area contributed by atoms with Crippen LogP contribution in [0.2, 0.25) is 0 Å². The molecule has 0 fully saturated rings. The molecule has 0 saturated carbocycles. The molecule has 1 aromatic carbocycles. The van der Waals surface area contributed by atoms with Crippen molar-refractivity contribution in [3.8, 4) is 0 Å². The Balaban J connectivity index is 3.23. The molecule has 0 aliphatic heterocycles. The van der Waals surface area contributed by atoms with Gasteiger partial charge in [0, 0.05) is 3.57 Å². The predicted molar refractivity (Wildman–Crippen MR) is 48.6 cm³/mol. The quantitative estimate of drug-likeness (QED) is 0.640. The molecule has 0 spiro atoms. The lowest BCUT2D eigenvalue weighted by Crippen LogP contribution is -2.07. The fraction of sp³-hybridized carbons (Fsp3) is 0.125. The van der Waals surface area contributed by atoms with Crippen LogP contribution >= 0.6 is 22.6 Å². The van der Waals surface area contributed by atoms with Gasteiger partial charge < -0.3 is 0 Å². The van der Waals surface area contributed by atoms with E-state index >= 15 is 0 Å². The Morgan fingerprint density at radius 3 is 2.25 bits per heavy atom. The minimum absolute atomic E-state index is 0.201. The third-order valence-electron chi connectivity index (χ3n) is 1.34. The number of benzene rings is 1. The summed E-state index contributed by atoms with van der Waals surface area (Å²) in [6, 6.07) is 4.00. The second kappa shape index (κ2) is 3.24. The summed E-state index contributed by atoms with van der Waals surface area (Å²) in [5, 5.41) is 0. The maximum atomic E-state index is 12.2. The lowest BCUT2D eigenvalue weighted by atomic mass is 10.1. The van der Waals surface area contributed by atoms with Gasteiger partial charge in [-0.15, -0.1) is 0 Å². The number of hydrogen-bond acceptors (Lipinski definition) is 0. The van der Waals surface area contributed by atoms with E-state index in [1.807, 2.05) is 0 Å². The zero-order valence-electron chi connectivity index (χ0n) is 5.95. The average Bonchev–Trinajstić information content (AvgIpc) is 1.92. The van der Waals surface area contributed by atoms with E-state index in [4.69, 9.17) is 0 Å². The van der Waals surface area contributed by atoms with Crippen molar-refractivity contribution in [1.29, 1.82) is 0 Å². The summed E-state index contributed by atoms with van der Waals surface area (Å²) < 4.78 is 36.8. The van der Waals surface area contributed by atoms with Gasteiger partial charge in [0.25, 0.3) is 0 Å². The highest BCUT2D eigenvalue weighted by molar-refractivity contribution is 14.1. The molecule has 0 aliphatic rings. The van der Waals surface area contributed by atoms with Crippen molar-refractivity contribution in [2.45, 2.75) is 6.18 Å². The van der Waals surface area contributed by atoms with E-state index in [0.29, 0.717) is 5.56 Å². The molecule has 65 valence electrons. The van der Waals surface area contributed by atoms with Crippen LogP contribution in [0.3, 0.4) is 0 Å². The highest BCUT2D eigenvalue weighted by atomic mass is 127. The van der Waals surface area contributed by atoms with E-state index in [1.165, 1.54) is 6.07 Å². The molecule has 0 bridgehead atoms. The second-order valence-corrected chi connectivity index (χ2v) is 3.47. The van der Waals surface area contributed by atoms with Crippen LogP contribution in [-0.4, -0.2) is 0 Å². The molecular weight excluding hydrogens is 280 g/mol. The molecule has 4 heteroatoms. The average molecular weight is 285 g/mol. The van der Waals surface area contributed by atoms with Gasteiger partial charge in [0.2, 0.25) is 0 Å². The number of halogens is 4. The minimum atomic E-state index is -4.27. The van der Waals surface area contributed by atoms with E-state index in [0.717, 1.165) is 6.07 Å². The highest BCUT2D eigenvalue weighted by Gasteiger charge is 2.32. The van der Waals surface area contributed by atoms with Gasteiger partial charge in [0.15, 0.2) is 0 Å². The summed E-state index contributed by atoms with van der Waals surface area (Å²) in [4.78, 5) is 0. The molecule has 0 aromatic heterocycles. The molecule has 0 N–H and O–H groups in total. The van der Waals surface area contributed by atoms with Crippen molar-refractivity contribution < 1.29 is 13.2 Å². The van der Waals surface area contributed by atoms with Gasteiger partial charge in [-0.05, 0) is 47.2 Å². The fourth-order valence-corrected chi connectivity index (χ4v) is 1.43. The molecule has 0 amide bonds. The van der Waals surface area contributed by atoms with Crippen molar-refractivity contribution in [1.82, 2.24) is 0 Å². The number of rotatable bonds is 0. The Hall–Kier alpha value is -0.260. The number of alkyl halides is 3. The van der Waals surface area contributed by atoms with Crippen LogP contribution in [0.25, 0.3) is 0 Å². The highest BCUT2D eigenvalue weighted by Crippen LogP contribution is 2.33. The molecule has 12 heavy (non-hydrogen) atoms. The predicted octanol–water partition coefficient (Wildman–Crippen LogP) is 3.49. The molecule has 0 heterocycles. The Kier molecular flexibility index (Phi) is 2.65. The Labute approximate surface area is 81.9 Å². The van der Waals surface area contributed by atoms with Gasteiger partial charge >= 0.3 is 6.18 Å². The van der Waals surface area contributed by atoms with E-state index in [9.17, 15) is 13.2 Å². The van der Waals surface area contributed by atoms with E-state index in [-0.39, 0.29) is 3.57 Å². The minimum Gasteiger partial charge on any atom is -0.166 e. The first kappa shape index (κ1) is 9.83. The van der Waals surface area contributed by atoms with E-state index < -0.39 is 11.7 Å². The van der Waals surface area contributed by atoms with Crippen LogP contribution in [0, 0.1) is 10.5 Å². The fourth-order valence-electron chi connectivity index (χ4n) is 0.790. The zero-order valence-corrected chi connectivity index (χ0v) is 8.11. The third-order valence-corrected chi connectivity index (χ3v) is 2.28. The molecule has 1 rings (SSSR count). The van der Waals surface area contributed by atoms with Gasteiger partial charge in [0.1, 0.15) is 0 Å². The van der Waals surface area contributed by atoms with Gasteiger partial charge in [-0.1, -0.05) is 6.07 Å². The van der Waals surface area contributed by atoms with Crippen LogP contribution in [0.4, 0.5) is 13.2 Å². The van der Waals surface area contributed by atoms with Crippen molar-refractivity contribution in [2.24, 2.45) is 0 Å². The molecule has 0 aliphatic carbocycles. The third kappa shape index (κ3) is 2.12. The molecule has 1 radical (unpaired) electrons. The maximum Gasteiger partial charge on any atom is 0.417 e. The van der Waals surface area contributed by atoms with Gasteiger partial charge in [-0.25, -0.2) is 0 Å². The lowest BCUT2D eigenvalue weighted by Gasteiger charge is -2.09. The van der Waals surface area contributed by atoms with E-state index in [2.05, 4.69) is 6.92 Å². The summed E-state index contributed by atoms with van der Waals surface area (Å²) in [7, 11) is 0. The summed E-state index contributed by atoms with van der Waals surface area (Å²) in [6.07, 6.45) is -4.27. The number of hydrogen-bond donors (Lipinski definition) is 0. The van der Waals surface area contributed by atoms with Crippen molar-refractivity contribution >= 4 is 22.6 Å². The van der Waals surface area contributed by atoms with Gasteiger partial charge in [-0.3, -0.25) is 0 Å². The molecule has 1 aromatic rings. The topological polar surface area (TPSA) is 0 Å². The van der Waals surface area contributed by atoms with E-state index in [1.54, 1.807) is 28.7 Å². The zero-order chi connectivity index (χ0) is 9.35. The van der Waals surface area contributed by atoms with Crippen LogP contribution in [0.1, 0.15) is 11.1 Å². The Bertz CT molecular complexity index is 291. The molecular formula is C8H5F3I. The standard InChI is InChI=1S/C8H5F3I/c1-5-2-3-7(12)6(4-5)8(9,10)11/h2-4H,1H2. The second-order valence-electron chi connectivity index (χ2n) is 2.31. The summed E-state index contributed by atoms with van der Waals surface area (Å²) in [5.41, 5.74) is -0.238. The normalized spacial score (nSPS) is 11.8. The molecule has 0 atom stereocenters. The smallest absolute Gasteiger partial charge is 0.166 e. The largest absolute Gasteiger partial charge is 0.417 e. The van der Waals surface area contributed by atoms with Crippen LogP contribution < -0.4 is 0 Å². The Morgan fingerprint density at radius 1 is 1.25 bits per heavy atom. The summed E-state index contributed by atoms with van der Waals surface area (Å²) in [6.45, 7) is 3.43. The van der Waals surface area contributed by atoms with Gasteiger partial charge in [0.05, 0.1) is 5.56 Å². The Morgan fingerprint density at radius 2 is 1.83 bits per heavy atom.